The molecular weight excluding hydrogens is 332 g/mol. The fourth-order valence-electron chi connectivity index (χ4n) is 3.31. The van der Waals surface area contributed by atoms with E-state index in [-0.39, 0.29) is 23.6 Å². The van der Waals surface area contributed by atoms with Crippen molar-refractivity contribution in [2.45, 2.75) is 12.5 Å². The lowest BCUT2D eigenvalue weighted by molar-refractivity contribution is 0.0919. The van der Waals surface area contributed by atoms with Crippen molar-refractivity contribution in [2.75, 3.05) is 13.2 Å². The SMILES string of the molecule is O=C(N[C@@H]1COC[C@H]1Cc1ccnc2ccccc12)c1cncc(=O)[nH]1. The maximum absolute atomic E-state index is 12.4. The summed E-state index contributed by atoms with van der Waals surface area (Å²) in [6.07, 6.45) is 5.06. The zero-order valence-corrected chi connectivity index (χ0v) is 14.0. The van der Waals surface area contributed by atoms with Gasteiger partial charge in [-0.2, -0.15) is 0 Å². The third-order valence-corrected chi connectivity index (χ3v) is 4.63. The quantitative estimate of drug-likeness (QED) is 0.739. The molecule has 0 spiro atoms. The maximum atomic E-state index is 12.4. The zero-order chi connectivity index (χ0) is 17.9. The molecule has 4 rings (SSSR count). The van der Waals surface area contributed by atoms with Gasteiger partial charge in [0, 0.05) is 17.5 Å². The molecule has 1 aromatic carbocycles. The topological polar surface area (TPSA) is 97.0 Å². The number of nitrogens with one attached hydrogen (secondary N) is 2. The highest BCUT2D eigenvalue weighted by molar-refractivity contribution is 5.92. The van der Waals surface area contributed by atoms with E-state index in [0.717, 1.165) is 23.5 Å². The van der Waals surface area contributed by atoms with Gasteiger partial charge in [-0.05, 0) is 24.1 Å². The number of rotatable bonds is 4. The van der Waals surface area contributed by atoms with Crippen LogP contribution >= 0.6 is 0 Å². The van der Waals surface area contributed by atoms with E-state index in [9.17, 15) is 9.59 Å². The van der Waals surface area contributed by atoms with Crippen LogP contribution in [0.3, 0.4) is 0 Å². The van der Waals surface area contributed by atoms with Crippen LogP contribution in [-0.4, -0.2) is 40.1 Å². The molecule has 1 aliphatic rings. The van der Waals surface area contributed by atoms with Gasteiger partial charge in [-0.25, -0.2) is 0 Å². The van der Waals surface area contributed by atoms with E-state index in [1.807, 2.05) is 24.3 Å². The van der Waals surface area contributed by atoms with Crippen molar-refractivity contribution in [3.8, 4) is 0 Å². The number of aromatic nitrogens is 3. The molecule has 1 fully saturated rings. The first-order chi connectivity index (χ1) is 12.7. The van der Waals surface area contributed by atoms with Gasteiger partial charge in [-0.1, -0.05) is 18.2 Å². The number of nitrogens with zero attached hydrogens (tertiary/aromatic N) is 2. The minimum atomic E-state index is -0.403. The van der Waals surface area contributed by atoms with Crippen LogP contribution in [0.15, 0.2) is 53.7 Å². The molecule has 7 heteroatoms. The smallest absolute Gasteiger partial charge is 0.269 e. The molecule has 1 aliphatic heterocycles. The Hall–Kier alpha value is -3.06. The fourth-order valence-corrected chi connectivity index (χ4v) is 3.31. The zero-order valence-electron chi connectivity index (χ0n) is 14.0. The first-order valence-corrected chi connectivity index (χ1v) is 8.46. The lowest BCUT2D eigenvalue weighted by Gasteiger charge is -2.19. The van der Waals surface area contributed by atoms with E-state index in [1.54, 1.807) is 6.20 Å². The highest BCUT2D eigenvalue weighted by Gasteiger charge is 2.30. The third-order valence-electron chi connectivity index (χ3n) is 4.63. The van der Waals surface area contributed by atoms with Crippen molar-refractivity contribution in [3.05, 3.63) is 70.5 Å². The normalized spacial score (nSPS) is 19.5. The van der Waals surface area contributed by atoms with Gasteiger partial charge in [0.2, 0.25) is 0 Å². The summed E-state index contributed by atoms with van der Waals surface area (Å²) in [7, 11) is 0. The third kappa shape index (κ3) is 3.34. The number of fused-ring (bicyclic) bond motifs is 1. The molecule has 2 N–H and O–H groups in total. The lowest BCUT2D eigenvalue weighted by Crippen LogP contribution is -2.41. The number of carbonyl (C=O) groups excluding carboxylic acids is 1. The van der Waals surface area contributed by atoms with Gasteiger partial charge >= 0.3 is 0 Å². The Morgan fingerprint density at radius 2 is 2.12 bits per heavy atom. The van der Waals surface area contributed by atoms with Gasteiger partial charge in [-0.15, -0.1) is 0 Å². The molecule has 26 heavy (non-hydrogen) atoms. The van der Waals surface area contributed by atoms with Crippen LogP contribution in [0.1, 0.15) is 16.1 Å². The van der Waals surface area contributed by atoms with E-state index in [4.69, 9.17) is 4.74 Å². The monoisotopic (exact) mass is 350 g/mol. The van der Waals surface area contributed by atoms with Crippen LogP contribution in [0, 0.1) is 5.92 Å². The largest absolute Gasteiger partial charge is 0.379 e. The van der Waals surface area contributed by atoms with Crippen molar-refractivity contribution in [1.82, 2.24) is 20.3 Å². The molecule has 132 valence electrons. The number of para-hydroxylation sites is 1. The van der Waals surface area contributed by atoms with E-state index in [1.165, 1.54) is 11.8 Å². The van der Waals surface area contributed by atoms with Crippen LogP contribution in [-0.2, 0) is 11.2 Å². The Bertz CT molecular complexity index is 996. The fraction of sp³-hybridized carbons (Fsp3) is 0.263. The minimum absolute atomic E-state index is 0.127. The van der Waals surface area contributed by atoms with Crippen molar-refractivity contribution >= 4 is 16.8 Å². The van der Waals surface area contributed by atoms with Gasteiger partial charge in [-0.3, -0.25) is 19.6 Å². The Kier molecular flexibility index (Phi) is 4.45. The average Bonchev–Trinajstić information content (AvgIpc) is 3.09. The number of carbonyl (C=O) groups is 1. The number of ether oxygens (including phenoxy) is 1. The van der Waals surface area contributed by atoms with Crippen LogP contribution in [0.5, 0.6) is 0 Å². The van der Waals surface area contributed by atoms with E-state index in [2.05, 4.69) is 26.3 Å². The van der Waals surface area contributed by atoms with E-state index in [0.29, 0.717) is 13.2 Å². The molecular formula is C19H18N4O3. The highest BCUT2D eigenvalue weighted by atomic mass is 16.5. The molecule has 2 atom stereocenters. The van der Waals surface area contributed by atoms with Crippen LogP contribution in [0.25, 0.3) is 10.9 Å². The first-order valence-electron chi connectivity index (χ1n) is 8.46. The molecule has 0 bridgehead atoms. The van der Waals surface area contributed by atoms with Crippen molar-refractivity contribution in [2.24, 2.45) is 5.92 Å². The number of H-pyrrole nitrogens is 1. The lowest BCUT2D eigenvalue weighted by atomic mass is 9.93. The van der Waals surface area contributed by atoms with Gasteiger partial charge in [0.25, 0.3) is 11.5 Å². The van der Waals surface area contributed by atoms with Crippen LogP contribution in [0.2, 0.25) is 0 Å². The van der Waals surface area contributed by atoms with E-state index < -0.39 is 5.56 Å². The summed E-state index contributed by atoms with van der Waals surface area (Å²) in [5, 5.41) is 4.07. The second-order valence-corrected chi connectivity index (χ2v) is 6.38. The Labute approximate surface area is 149 Å². The summed E-state index contributed by atoms with van der Waals surface area (Å²) in [6.45, 7) is 1.02. The number of pyridine rings is 1. The summed E-state index contributed by atoms with van der Waals surface area (Å²) < 4.78 is 5.60. The van der Waals surface area contributed by atoms with E-state index >= 15 is 0 Å². The van der Waals surface area contributed by atoms with Crippen LogP contribution in [0.4, 0.5) is 0 Å². The van der Waals surface area contributed by atoms with Crippen molar-refractivity contribution < 1.29 is 9.53 Å². The molecule has 0 saturated carbocycles. The Balaban J connectivity index is 1.51. The van der Waals surface area contributed by atoms with Crippen LogP contribution < -0.4 is 10.9 Å². The summed E-state index contributed by atoms with van der Waals surface area (Å²) >= 11 is 0. The number of hydrogen-bond donors (Lipinski definition) is 2. The molecule has 7 nitrogen and oxygen atoms in total. The Morgan fingerprint density at radius 1 is 1.23 bits per heavy atom. The predicted molar refractivity (Wildman–Crippen MR) is 95.9 cm³/mol. The number of hydrogen-bond acceptors (Lipinski definition) is 5. The molecule has 0 aliphatic carbocycles. The minimum Gasteiger partial charge on any atom is -0.379 e. The van der Waals surface area contributed by atoms with Crippen molar-refractivity contribution in [3.63, 3.8) is 0 Å². The summed E-state index contributed by atoms with van der Waals surface area (Å²) in [5.41, 5.74) is 1.88. The molecule has 0 radical (unpaired) electrons. The average molecular weight is 350 g/mol. The molecule has 1 saturated heterocycles. The standard InChI is InChI=1S/C19H18N4O3/c24-18-9-20-8-16(22-18)19(25)23-17-11-26-10-13(17)7-12-5-6-21-15-4-2-1-3-14(12)15/h1-6,8-9,13,17H,7,10-11H2,(H,22,24)(H,23,25)/t13-,17-/m1/s1. The van der Waals surface area contributed by atoms with Gasteiger partial charge < -0.3 is 15.0 Å². The second-order valence-electron chi connectivity index (χ2n) is 6.38. The molecule has 1 amide bonds. The maximum Gasteiger partial charge on any atom is 0.269 e. The molecule has 3 heterocycles. The Morgan fingerprint density at radius 3 is 3.00 bits per heavy atom. The summed E-state index contributed by atoms with van der Waals surface area (Å²) in [4.78, 5) is 34.3. The summed E-state index contributed by atoms with van der Waals surface area (Å²) in [5.74, 6) is -0.205. The van der Waals surface area contributed by atoms with Gasteiger partial charge in [0.05, 0.1) is 37.2 Å². The first kappa shape index (κ1) is 16.4. The number of aromatic amines is 1. The van der Waals surface area contributed by atoms with Crippen molar-refractivity contribution in [1.29, 1.82) is 0 Å². The molecule has 3 aromatic rings. The number of benzene rings is 1. The summed E-state index contributed by atoms with van der Waals surface area (Å²) in [6, 6.07) is 9.89. The van der Waals surface area contributed by atoms with Gasteiger partial charge in [0.15, 0.2) is 0 Å². The second kappa shape index (κ2) is 7.05. The van der Waals surface area contributed by atoms with Gasteiger partial charge in [0.1, 0.15) is 5.69 Å². The highest BCUT2D eigenvalue weighted by Crippen LogP contribution is 2.24. The molecule has 2 aromatic heterocycles. The predicted octanol–water partition coefficient (Wildman–Crippen LogP) is 1.31. The molecule has 0 unspecified atom stereocenters. The number of amides is 1.